The first-order valence-corrected chi connectivity index (χ1v) is 8.46. The Balaban J connectivity index is 1.52. The van der Waals surface area contributed by atoms with Crippen LogP contribution < -0.4 is 5.32 Å². The molecule has 1 N–H and O–H groups in total. The van der Waals surface area contributed by atoms with Crippen molar-refractivity contribution in [1.29, 1.82) is 0 Å². The van der Waals surface area contributed by atoms with Gasteiger partial charge in [0.15, 0.2) is 0 Å². The third kappa shape index (κ3) is 4.76. The Labute approximate surface area is 147 Å². The standard InChI is InChI=1S/C20H22N4O/c1-24-15-18(14-23-24)20-17(10-6-12-21-20)13-22-19(25)11-5-9-16-7-3-2-4-8-16/h2-4,6-8,10,12,14-15H,5,9,11,13H2,1H3,(H,22,25). The van der Waals surface area contributed by atoms with E-state index < -0.39 is 0 Å². The Bertz CT molecular complexity index is 826. The molecule has 25 heavy (non-hydrogen) atoms. The summed E-state index contributed by atoms with van der Waals surface area (Å²) in [5, 5.41) is 7.18. The molecule has 3 aromatic rings. The van der Waals surface area contributed by atoms with Gasteiger partial charge in [0, 0.05) is 38.0 Å². The minimum atomic E-state index is 0.0666. The molecule has 5 nitrogen and oxygen atoms in total. The summed E-state index contributed by atoms with van der Waals surface area (Å²) >= 11 is 0. The number of hydrogen-bond donors (Lipinski definition) is 1. The molecule has 0 fully saturated rings. The van der Waals surface area contributed by atoms with E-state index in [-0.39, 0.29) is 5.91 Å². The lowest BCUT2D eigenvalue weighted by molar-refractivity contribution is -0.121. The highest BCUT2D eigenvalue weighted by atomic mass is 16.1. The molecule has 0 saturated heterocycles. The minimum Gasteiger partial charge on any atom is -0.352 e. The number of amides is 1. The molecule has 0 unspecified atom stereocenters. The Kier molecular flexibility index (Phi) is 5.57. The SMILES string of the molecule is Cn1cc(-c2ncccc2CNC(=O)CCCc2ccccc2)cn1. The fourth-order valence-corrected chi connectivity index (χ4v) is 2.76. The van der Waals surface area contributed by atoms with Crippen molar-refractivity contribution >= 4 is 5.91 Å². The van der Waals surface area contributed by atoms with Crippen molar-refractivity contribution in [3.8, 4) is 11.3 Å². The van der Waals surface area contributed by atoms with Crippen LogP contribution in [0.15, 0.2) is 61.1 Å². The maximum Gasteiger partial charge on any atom is 0.220 e. The summed E-state index contributed by atoms with van der Waals surface area (Å²) in [6.45, 7) is 0.474. The number of nitrogens with one attached hydrogen (secondary N) is 1. The van der Waals surface area contributed by atoms with E-state index in [9.17, 15) is 4.79 Å². The van der Waals surface area contributed by atoms with E-state index in [4.69, 9.17) is 0 Å². The zero-order valence-corrected chi connectivity index (χ0v) is 14.4. The Hall–Kier alpha value is -2.95. The average Bonchev–Trinajstić information content (AvgIpc) is 3.07. The summed E-state index contributed by atoms with van der Waals surface area (Å²) in [5.74, 6) is 0.0666. The van der Waals surface area contributed by atoms with Crippen LogP contribution in [-0.2, 0) is 24.8 Å². The van der Waals surface area contributed by atoms with Crippen LogP contribution in [0.1, 0.15) is 24.0 Å². The van der Waals surface area contributed by atoms with Crippen molar-refractivity contribution in [2.45, 2.75) is 25.8 Å². The first-order valence-electron chi connectivity index (χ1n) is 8.46. The molecule has 1 amide bonds. The van der Waals surface area contributed by atoms with Crippen LogP contribution in [0.25, 0.3) is 11.3 Å². The van der Waals surface area contributed by atoms with Crippen LogP contribution in [0, 0.1) is 0 Å². The van der Waals surface area contributed by atoms with Crippen LogP contribution in [0.2, 0.25) is 0 Å². The van der Waals surface area contributed by atoms with Gasteiger partial charge in [0.05, 0.1) is 11.9 Å². The summed E-state index contributed by atoms with van der Waals surface area (Å²) in [6, 6.07) is 14.1. The van der Waals surface area contributed by atoms with Gasteiger partial charge in [0.25, 0.3) is 0 Å². The second kappa shape index (κ2) is 8.24. The molecule has 0 radical (unpaired) electrons. The molecule has 1 aromatic carbocycles. The topological polar surface area (TPSA) is 59.8 Å². The van der Waals surface area contributed by atoms with Crippen molar-refractivity contribution in [3.63, 3.8) is 0 Å². The van der Waals surface area contributed by atoms with Crippen LogP contribution in [0.3, 0.4) is 0 Å². The van der Waals surface area contributed by atoms with E-state index in [1.54, 1.807) is 17.1 Å². The van der Waals surface area contributed by atoms with E-state index in [0.717, 1.165) is 29.7 Å². The lowest BCUT2D eigenvalue weighted by atomic mass is 10.1. The van der Waals surface area contributed by atoms with Crippen molar-refractivity contribution in [2.24, 2.45) is 7.05 Å². The van der Waals surface area contributed by atoms with E-state index in [1.807, 2.05) is 43.6 Å². The van der Waals surface area contributed by atoms with Gasteiger partial charge in [-0.05, 0) is 30.0 Å². The molecule has 0 saturated carbocycles. The Morgan fingerprint density at radius 3 is 2.76 bits per heavy atom. The zero-order chi connectivity index (χ0) is 17.5. The van der Waals surface area contributed by atoms with Gasteiger partial charge in [-0.1, -0.05) is 36.4 Å². The lowest BCUT2D eigenvalue weighted by Crippen LogP contribution is -2.23. The lowest BCUT2D eigenvalue weighted by Gasteiger charge is -2.09. The summed E-state index contributed by atoms with van der Waals surface area (Å²) in [4.78, 5) is 16.5. The van der Waals surface area contributed by atoms with E-state index in [2.05, 4.69) is 27.5 Å². The second-order valence-corrected chi connectivity index (χ2v) is 6.03. The van der Waals surface area contributed by atoms with Crippen molar-refractivity contribution in [2.75, 3.05) is 0 Å². The Morgan fingerprint density at radius 2 is 2.00 bits per heavy atom. The van der Waals surface area contributed by atoms with Crippen LogP contribution in [0.4, 0.5) is 0 Å². The van der Waals surface area contributed by atoms with E-state index in [1.165, 1.54) is 5.56 Å². The van der Waals surface area contributed by atoms with Crippen LogP contribution in [-0.4, -0.2) is 20.7 Å². The van der Waals surface area contributed by atoms with Gasteiger partial charge in [-0.15, -0.1) is 0 Å². The average molecular weight is 334 g/mol. The largest absolute Gasteiger partial charge is 0.352 e. The summed E-state index contributed by atoms with van der Waals surface area (Å²) in [7, 11) is 1.88. The van der Waals surface area contributed by atoms with Gasteiger partial charge >= 0.3 is 0 Å². The molecular weight excluding hydrogens is 312 g/mol. The van der Waals surface area contributed by atoms with Gasteiger partial charge in [-0.3, -0.25) is 14.5 Å². The molecule has 3 rings (SSSR count). The zero-order valence-electron chi connectivity index (χ0n) is 14.4. The highest BCUT2D eigenvalue weighted by molar-refractivity contribution is 5.76. The quantitative estimate of drug-likeness (QED) is 0.722. The molecule has 0 bridgehead atoms. The summed E-state index contributed by atoms with van der Waals surface area (Å²) in [6.07, 6.45) is 7.76. The molecular formula is C20H22N4O. The maximum absolute atomic E-state index is 12.1. The number of benzene rings is 1. The summed E-state index contributed by atoms with van der Waals surface area (Å²) < 4.78 is 1.75. The monoisotopic (exact) mass is 334 g/mol. The molecule has 0 aliphatic heterocycles. The van der Waals surface area contributed by atoms with Crippen molar-refractivity contribution in [3.05, 3.63) is 72.2 Å². The summed E-state index contributed by atoms with van der Waals surface area (Å²) in [5.41, 5.74) is 4.07. The highest BCUT2D eigenvalue weighted by Crippen LogP contribution is 2.20. The fourth-order valence-electron chi connectivity index (χ4n) is 2.76. The molecule has 128 valence electrons. The minimum absolute atomic E-state index is 0.0666. The van der Waals surface area contributed by atoms with Gasteiger partial charge in [0.2, 0.25) is 5.91 Å². The number of aromatic nitrogens is 3. The molecule has 0 aliphatic rings. The highest BCUT2D eigenvalue weighted by Gasteiger charge is 2.09. The van der Waals surface area contributed by atoms with Gasteiger partial charge < -0.3 is 5.32 Å². The molecule has 0 aliphatic carbocycles. The van der Waals surface area contributed by atoms with Crippen LogP contribution in [0.5, 0.6) is 0 Å². The number of carbonyl (C=O) groups is 1. The van der Waals surface area contributed by atoms with Gasteiger partial charge in [-0.2, -0.15) is 5.10 Å². The maximum atomic E-state index is 12.1. The number of nitrogens with zero attached hydrogens (tertiary/aromatic N) is 3. The third-order valence-electron chi connectivity index (χ3n) is 4.06. The Morgan fingerprint density at radius 1 is 1.16 bits per heavy atom. The predicted molar refractivity (Wildman–Crippen MR) is 97.7 cm³/mol. The first kappa shape index (κ1) is 16.9. The first-order chi connectivity index (χ1) is 12.2. The normalized spacial score (nSPS) is 10.6. The molecule has 0 atom stereocenters. The second-order valence-electron chi connectivity index (χ2n) is 6.03. The van der Waals surface area contributed by atoms with E-state index in [0.29, 0.717) is 13.0 Å². The number of hydrogen-bond acceptors (Lipinski definition) is 3. The number of rotatable bonds is 7. The number of carbonyl (C=O) groups excluding carboxylic acids is 1. The molecule has 0 spiro atoms. The third-order valence-corrected chi connectivity index (χ3v) is 4.06. The van der Waals surface area contributed by atoms with Crippen molar-refractivity contribution in [1.82, 2.24) is 20.1 Å². The smallest absolute Gasteiger partial charge is 0.220 e. The van der Waals surface area contributed by atoms with Gasteiger partial charge in [0.1, 0.15) is 0 Å². The van der Waals surface area contributed by atoms with Crippen molar-refractivity contribution < 1.29 is 4.79 Å². The van der Waals surface area contributed by atoms with E-state index >= 15 is 0 Å². The predicted octanol–water partition coefficient (Wildman–Crippen LogP) is 3.12. The van der Waals surface area contributed by atoms with Crippen LogP contribution >= 0.6 is 0 Å². The molecule has 2 aromatic heterocycles. The number of aryl methyl sites for hydroxylation is 2. The number of pyridine rings is 1. The molecule has 2 heterocycles. The fraction of sp³-hybridized carbons (Fsp3) is 0.250. The molecule has 5 heteroatoms. The van der Waals surface area contributed by atoms with Gasteiger partial charge in [-0.25, -0.2) is 0 Å².